The van der Waals surface area contributed by atoms with E-state index < -0.39 is 5.97 Å². The van der Waals surface area contributed by atoms with E-state index in [2.05, 4.69) is 22.8 Å². The SMILES string of the molecule is COC(=O)c1cccc(NC(=O)c2ccc(C)c(NC(=S)CCCc3ccccc3)c2)c1.[HH].[HH]. The fourth-order valence-electron chi connectivity index (χ4n) is 3.25. The Morgan fingerprint density at radius 1 is 0.938 bits per heavy atom. The summed E-state index contributed by atoms with van der Waals surface area (Å²) < 4.78 is 4.73. The molecule has 168 valence electrons. The number of nitrogens with one attached hydrogen (secondary N) is 2. The number of anilines is 2. The molecule has 3 aromatic rings. The smallest absolute Gasteiger partial charge is 0.337 e. The van der Waals surface area contributed by atoms with Gasteiger partial charge in [0.25, 0.3) is 5.91 Å². The van der Waals surface area contributed by atoms with Crippen molar-refractivity contribution in [3.05, 3.63) is 95.1 Å². The molecule has 0 saturated heterocycles. The predicted octanol–water partition coefficient (Wildman–Crippen LogP) is 6.29. The Balaban J connectivity index is 0.00000289. The van der Waals surface area contributed by atoms with E-state index in [1.165, 1.54) is 12.7 Å². The Hall–Kier alpha value is -3.51. The van der Waals surface area contributed by atoms with Gasteiger partial charge in [-0.05, 0) is 67.6 Å². The fraction of sp³-hybridized carbons (Fsp3) is 0.192. The highest BCUT2D eigenvalue weighted by Gasteiger charge is 2.12. The van der Waals surface area contributed by atoms with Gasteiger partial charge < -0.3 is 15.4 Å². The average Bonchev–Trinajstić information content (AvgIpc) is 2.80. The van der Waals surface area contributed by atoms with Crippen LogP contribution in [0.4, 0.5) is 11.4 Å². The predicted molar refractivity (Wildman–Crippen MR) is 137 cm³/mol. The first kappa shape index (κ1) is 23.2. The number of rotatable bonds is 8. The number of methoxy groups -OCH3 is 1. The lowest BCUT2D eigenvalue weighted by atomic mass is 10.1. The molecule has 0 aliphatic heterocycles. The van der Waals surface area contributed by atoms with Gasteiger partial charge in [0.05, 0.1) is 17.7 Å². The minimum absolute atomic E-state index is 0. The molecular formula is C26H30N2O3S. The summed E-state index contributed by atoms with van der Waals surface area (Å²) in [6, 6.07) is 22.4. The third kappa shape index (κ3) is 6.49. The van der Waals surface area contributed by atoms with E-state index in [1.807, 2.05) is 31.2 Å². The fourth-order valence-corrected chi connectivity index (χ4v) is 3.51. The zero-order valence-corrected chi connectivity index (χ0v) is 19.0. The molecule has 6 heteroatoms. The van der Waals surface area contributed by atoms with E-state index in [4.69, 9.17) is 17.0 Å². The lowest BCUT2D eigenvalue weighted by Gasteiger charge is -2.13. The summed E-state index contributed by atoms with van der Waals surface area (Å²) in [7, 11) is 1.32. The van der Waals surface area contributed by atoms with Gasteiger partial charge in [0.2, 0.25) is 0 Å². The normalized spacial score (nSPS) is 10.3. The molecule has 0 saturated carbocycles. The monoisotopic (exact) mass is 450 g/mol. The van der Waals surface area contributed by atoms with Crippen molar-refractivity contribution in [2.24, 2.45) is 0 Å². The molecule has 0 atom stereocenters. The van der Waals surface area contributed by atoms with Crippen molar-refractivity contribution >= 4 is 40.5 Å². The number of carbonyl (C=O) groups excluding carboxylic acids is 2. The topological polar surface area (TPSA) is 67.4 Å². The summed E-state index contributed by atoms with van der Waals surface area (Å²) in [5, 5.41) is 6.10. The average molecular weight is 451 g/mol. The lowest BCUT2D eigenvalue weighted by Crippen LogP contribution is -2.15. The summed E-state index contributed by atoms with van der Waals surface area (Å²) in [6.07, 6.45) is 2.68. The number of hydrogen-bond acceptors (Lipinski definition) is 4. The molecule has 0 aromatic heterocycles. The van der Waals surface area contributed by atoms with Crippen LogP contribution in [0.1, 0.15) is 47.5 Å². The molecule has 3 rings (SSSR count). The molecule has 0 unspecified atom stereocenters. The van der Waals surface area contributed by atoms with E-state index in [-0.39, 0.29) is 8.76 Å². The number of ether oxygens (including phenoxy) is 1. The van der Waals surface area contributed by atoms with Crippen LogP contribution in [-0.2, 0) is 11.2 Å². The van der Waals surface area contributed by atoms with E-state index in [1.54, 1.807) is 36.4 Å². The summed E-state index contributed by atoms with van der Waals surface area (Å²) in [5.41, 5.74) is 4.49. The summed E-state index contributed by atoms with van der Waals surface area (Å²) in [4.78, 5) is 25.2. The van der Waals surface area contributed by atoms with Crippen LogP contribution < -0.4 is 10.6 Å². The molecule has 0 fully saturated rings. The highest BCUT2D eigenvalue weighted by molar-refractivity contribution is 7.80. The third-order valence-corrected chi connectivity index (χ3v) is 5.33. The number of thiocarbonyl (C=S) groups is 1. The van der Waals surface area contributed by atoms with Crippen molar-refractivity contribution in [1.82, 2.24) is 0 Å². The second kappa shape index (κ2) is 11.2. The van der Waals surface area contributed by atoms with E-state index >= 15 is 0 Å². The Bertz CT molecular complexity index is 1120. The molecular weight excluding hydrogens is 420 g/mol. The first-order chi connectivity index (χ1) is 15.5. The highest BCUT2D eigenvalue weighted by Crippen LogP contribution is 2.20. The second-order valence-electron chi connectivity index (χ2n) is 7.44. The molecule has 5 nitrogen and oxygen atoms in total. The Morgan fingerprint density at radius 2 is 1.72 bits per heavy atom. The van der Waals surface area contributed by atoms with E-state index in [0.717, 1.165) is 35.5 Å². The maximum atomic E-state index is 12.8. The van der Waals surface area contributed by atoms with Crippen LogP contribution in [0, 0.1) is 6.92 Å². The maximum Gasteiger partial charge on any atom is 0.337 e. The van der Waals surface area contributed by atoms with Gasteiger partial charge in [0, 0.05) is 19.8 Å². The first-order valence-corrected chi connectivity index (χ1v) is 10.8. The van der Waals surface area contributed by atoms with Crippen LogP contribution in [0.15, 0.2) is 72.8 Å². The van der Waals surface area contributed by atoms with Crippen molar-refractivity contribution in [2.75, 3.05) is 17.7 Å². The van der Waals surface area contributed by atoms with Crippen molar-refractivity contribution in [3.63, 3.8) is 0 Å². The van der Waals surface area contributed by atoms with Crippen molar-refractivity contribution in [3.8, 4) is 0 Å². The molecule has 1 amide bonds. The number of amides is 1. The molecule has 0 bridgehead atoms. The summed E-state index contributed by atoms with van der Waals surface area (Å²) >= 11 is 5.52. The van der Waals surface area contributed by atoms with Gasteiger partial charge in [-0.3, -0.25) is 4.79 Å². The zero-order chi connectivity index (χ0) is 22.9. The van der Waals surface area contributed by atoms with Gasteiger partial charge in [-0.15, -0.1) is 0 Å². The molecule has 0 spiro atoms. The molecule has 0 aliphatic rings. The lowest BCUT2D eigenvalue weighted by molar-refractivity contribution is 0.0600. The second-order valence-corrected chi connectivity index (χ2v) is 7.94. The molecule has 3 aromatic carbocycles. The standard InChI is InChI=1S/C26H26N2O3S.2H2/c1-18-14-15-20(25(29)27-22-12-7-11-21(16-22)26(30)31-2)17-23(18)28-24(32)13-6-10-19-8-4-3-5-9-19;;/h3-5,7-9,11-12,14-17H,6,10,13H2,1-2H3,(H,27,29)(H,28,32);2*1H. The van der Waals surface area contributed by atoms with Crippen LogP contribution in [0.5, 0.6) is 0 Å². The van der Waals surface area contributed by atoms with Gasteiger partial charge in [0.15, 0.2) is 0 Å². The van der Waals surface area contributed by atoms with Crippen LogP contribution >= 0.6 is 12.2 Å². The van der Waals surface area contributed by atoms with Crippen LogP contribution in [0.2, 0.25) is 0 Å². The largest absolute Gasteiger partial charge is 0.465 e. The van der Waals surface area contributed by atoms with Crippen LogP contribution in [-0.4, -0.2) is 24.0 Å². The van der Waals surface area contributed by atoms with Crippen LogP contribution in [0.25, 0.3) is 0 Å². The van der Waals surface area contributed by atoms with Gasteiger partial charge >= 0.3 is 5.97 Å². The zero-order valence-electron chi connectivity index (χ0n) is 18.2. The minimum atomic E-state index is -0.455. The van der Waals surface area contributed by atoms with Gasteiger partial charge in [-0.2, -0.15) is 0 Å². The molecule has 0 heterocycles. The Morgan fingerprint density at radius 3 is 2.47 bits per heavy atom. The highest BCUT2D eigenvalue weighted by atomic mass is 32.1. The molecule has 32 heavy (non-hydrogen) atoms. The number of benzene rings is 3. The van der Waals surface area contributed by atoms with Gasteiger partial charge in [-0.1, -0.05) is 54.7 Å². The molecule has 0 aliphatic carbocycles. The third-order valence-electron chi connectivity index (χ3n) is 5.03. The number of aryl methyl sites for hydroxylation is 2. The number of carbonyl (C=O) groups is 2. The van der Waals surface area contributed by atoms with E-state index in [9.17, 15) is 9.59 Å². The van der Waals surface area contributed by atoms with Crippen molar-refractivity contribution in [1.29, 1.82) is 0 Å². The maximum absolute atomic E-state index is 12.8. The van der Waals surface area contributed by atoms with Crippen LogP contribution in [0.3, 0.4) is 0 Å². The van der Waals surface area contributed by atoms with E-state index in [0.29, 0.717) is 16.8 Å². The van der Waals surface area contributed by atoms with Crippen molar-refractivity contribution in [2.45, 2.75) is 26.2 Å². The molecule has 2 N–H and O–H groups in total. The Labute approximate surface area is 196 Å². The first-order valence-electron chi connectivity index (χ1n) is 10.4. The molecule has 0 radical (unpaired) electrons. The van der Waals surface area contributed by atoms with Gasteiger partial charge in [-0.25, -0.2) is 4.79 Å². The summed E-state index contributed by atoms with van der Waals surface area (Å²) in [6.45, 7) is 1.97. The number of hydrogen-bond donors (Lipinski definition) is 2. The number of esters is 1. The quantitative estimate of drug-likeness (QED) is 0.312. The van der Waals surface area contributed by atoms with Gasteiger partial charge in [0.1, 0.15) is 0 Å². The summed E-state index contributed by atoms with van der Waals surface area (Å²) in [5.74, 6) is -0.728. The Kier molecular flexibility index (Phi) is 8.11. The minimum Gasteiger partial charge on any atom is -0.465 e. The van der Waals surface area contributed by atoms with Crippen molar-refractivity contribution < 1.29 is 17.2 Å².